The van der Waals surface area contributed by atoms with Gasteiger partial charge in [-0.3, -0.25) is 0 Å². The average molecular weight is 173 g/mol. The number of aromatic nitrogens is 2. The van der Waals surface area contributed by atoms with Gasteiger partial charge >= 0.3 is 0 Å². The Kier molecular flexibility index (Phi) is 1.48. The highest BCUT2D eigenvalue weighted by Gasteiger charge is 1.88. The molecule has 0 aliphatic carbocycles. The van der Waals surface area contributed by atoms with Crippen molar-refractivity contribution >= 4 is 22.0 Å². The summed E-state index contributed by atoms with van der Waals surface area (Å²) in [6, 6.07) is 0. The molecule has 0 aliphatic rings. The summed E-state index contributed by atoms with van der Waals surface area (Å²) in [5.74, 6) is 0. The summed E-state index contributed by atoms with van der Waals surface area (Å²) in [5, 5.41) is 0. The van der Waals surface area contributed by atoms with Crippen LogP contribution in [-0.4, -0.2) is 9.97 Å². The number of rotatable bonds is 1. The third kappa shape index (κ3) is 0.980. The van der Waals surface area contributed by atoms with Crippen molar-refractivity contribution in [2.45, 2.75) is 0 Å². The molecule has 2 nitrogen and oxygen atoms in total. The summed E-state index contributed by atoms with van der Waals surface area (Å²) in [6.07, 6.45) is 3.41. The van der Waals surface area contributed by atoms with Crippen LogP contribution in [0.4, 0.5) is 0 Å². The molecule has 0 unspecified atom stereocenters. The van der Waals surface area contributed by atoms with Gasteiger partial charge in [0.1, 0.15) is 0 Å². The Bertz CT molecular complexity index is 192. The standard InChI is InChI=1S/C5H5BrN2/c1-2-4-3-7-5(6)8-4/h2-3H,1H2,(H,7,8). The lowest BCUT2D eigenvalue weighted by molar-refractivity contribution is 1.23. The molecule has 0 atom stereocenters. The van der Waals surface area contributed by atoms with Crippen molar-refractivity contribution in [1.82, 2.24) is 9.97 Å². The fourth-order valence-corrected chi connectivity index (χ4v) is 0.745. The lowest BCUT2D eigenvalue weighted by Crippen LogP contribution is -1.64. The quantitative estimate of drug-likeness (QED) is 0.689. The largest absolute Gasteiger partial charge is 0.333 e. The molecule has 1 rings (SSSR count). The van der Waals surface area contributed by atoms with Crippen LogP contribution < -0.4 is 0 Å². The summed E-state index contributed by atoms with van der Waals surface area (Å²) in [7, 11) is 0. The normalized spacial score (nSPS) is 9.12. The second-order valence-electron chi connectivity index (χ2n) is 1.33. The van der Waals surface area contributed by atoms with Gasteiger partial charge in [0.05, 0.1) is 11.9 Å². The van der Waals surface area contributed by atoms with Crippen LogP contribution in [0, 0.1) is 0 Å². The van der Waals surface area contributed by atoms with E-state index in [1.165, 1.54) is 0 Å². The fourth-order valence-electron chi connectivity index (χ4n) is 0.414. The van der Waals surface area contributed by atoms with Crippen LogP contribution in [-0.2, 0) is 0 Å². The van der Waals surface area contributed by atoms with Crippen molar-refractivity contribution < 1.29 is 0 Å². The van der Waals surface area contributed by atoms with E-state index in [0.29, 0.717) is 0 Å². The molecule has 0 saturated heterocycles. The zero-order valence-electron chi connectivity index (χ0n) is 4.19. The molecule has 0 aromatic carbocycles. The van der Waals surface area contributed by atoms with Gasteiger partial charge in [-0.2, -0.15) is 0 Å². The molecule has 0 aliphatic heterocycles. The van der Waals surface area contributed by atoms with Crippen molar-refractivity contribution in [1.29, 1.82) is 0 Å². The van der Waals surface area contributed by atoms with E-state index in [2.05, 4.69) is 32.5 Å². The van der Waals surface area contributed by atoms with Crippen LogP contribution in [0.15, 0.2) is 17.5 Å². The molecule has 1 aromatic rings. The Hall–Kier alpha value is -0.570. The molecule has 0 saturated carbocycles. The van der Waals surface area contributed by atoms with Gasteiger partial charge in [0.2, 0.25) is 0 Å². The minimum Gasteiger partial charge on any atom is -0.333 e. The maximum atomic E-state index is 3.88. The van der Waals surface area contributed by atoms with Gasteiger partial charge in [-0.15, -0.1) is 0 Å². The van der Waals surface area contributed by atoms with Crippen molar-refractivity contribution in [3.8, 4) is 0 Å². The van der Waals surface area contributed by atoms with Gasteiger partial charge in [0.15, 0.2) is 4.73 Å². The van der Waals surface area contributed by atoms with E-state index in [1.54, 1.807) is 12.3 Å². The zero-order valence-corrected chi connectivity index (χ0v) is 5.77. The van der Waals surface area contributed by atoms with Crippen molar-refractivity contribution in [3.05, 3.63) is 23.2 Å². The van der Waals surface area contributed by atoms with Gasteiger partial charge in [0, 0.05) is 0 Å². The summed E-state index contributed by atoms with van der Waals surface area (Å²) >= 11 is 3.16. The Labute approximate surface area is 55.8 Å². The summed E-state index contributed by atoms with van der Waals surface area (Å²) in [4.78, 5) is 6.79. The lowest BCUT2D eigenvalue weighted by atomic mass is 10.5. The molecule has 1 N–H and O–H groups in total. The topological polar surface area (TPSA) is 28.7 Å². The first-order chi connectivity index (χ1) is 3.83. The Morgan fingerprint density at radius 3 is 2.88 bits per heavy atom. The van der Waals surface area contributed by atoms with Crippen molar-refractivity contribution in [2.24, 2.45) is 0 Å². The first-order valence-electron chi connectivity index (χ1n) is 2.16. The van der Waals surface area contributed by atoms with Crippen LogP contribution in [0.1, 0.15) is 5.69 Å². The van der Waals surface area contributed by atoms with Gasteiger partial charge in [-0.05, 0) is 22.0 Å². The highest BCUT2D eigenvalue weighted by molar-refractivity contribution is 9.10. The van der Waals surface area contributed by atoms with Gasteiger partial charge in [-0.1, -0.05) is 6.58 Å². The van der Waals surface area contributed by atoms with E-state index in [0.717, 1.165) is 10.4 Å². The Morgan fingerprint density at radius 1 is 1.88 bits per heavy atom. The third-order valence-corrected chi connectivity index (χ3v) is 1.19. The number of aromatic amines is 1. The maximum absolute atomic E-state index is 3.88. The number of nitrogens with one attached hydrogen (secondary N) is 1. The predicted molar refractivity (Wildman–Crippen MR) is 36.4 cm³/mol. The highest BCUT2D eigenvalue weighted by Crippen LogP contribution is 2.03. The Balaban J connectivity index is 3.00. The molecule has 0 fully saturated rings. The smallest absolute Gasteiger partial charge is 0.174 e. The van der Waals surface area contributed by atoms with E-state index in [1.807, 2.05) is 0 Å². The van der Waals surface area contributed by atoms with E-state index < -0.39 is 0 Å². The molecule has 1 aromatic heterocycles. The van der Waals surface area contributed by atoms with E-state index >= 15 is 0 Å². The van der Waals surface area contributed by atoms with Gasteiger partial charge in [-0.25, -0.2) is 4.98 Å². The minimum atomic E-state index is 0.743. The molecule has 0 bridgehead atoms. The number of H-pyrrole nitrogens is 1. The first-order valence-corrected chi connectivity index (χ1v) is 2.95. The predicted octanol–water partition coefficient (Wildman–Crippen LogP) is 1.82. The number of imidazole rings is 1. The fraction of sp³-hybridized carbons (Fsp3) is 0. The Morgan fingerprint density at radius 2 is 2.62 bits per heavy atom. The summed E-state index contributed by atoms with van der Waals surface area (Å²) < 4.78 is 0.743. The van der Waals surface area contributed by atoms with E-state index in [4.69, 9.17) is 0 Å². The molecule has 0 radical (unpaired) electrons. The van der Waals surface area contributed by atoms with Gasteiger partial charge in [0.25, 0.3) is 0 Å². The molecule has 42 valence electrons. The summed E-state index contributed by atoms with van der Waals surface area (Å²) in [5.41, 5.74) is 0.928. The number of hydrogen-bond donors (Lipinski definition) is 1. The number of nitrogens with zero attached hydrogens (tertiary/aromatic N) is 1. The molecular formula is C5H5BrN2. The SMILES string of the molecule is C=Cc1cnc(Br)[nH]1. The van der Waals surface area contributed by atoms with Crippen LogP contribution in [0.5, 0.6) is 0 Å². The van der Waals surface area contributed by atoms with Crippen molar-refractivity contribution in [3.63, 3.8) is 0 Å². The zero-order chi connectivity index (χ0) is 5.98. The molecule has 3 heteroatoms. The maximum Gasteiger partial charge on any atom is 0.174 e. The molecule has 1 heterocycles. The molecule has 8 heavy (non-hydrogen) atoms. The minimum absolute atomic E-state index is 0.743. The third-order valence-electron chi connectivity index (χ3n) is 0.784. The second-order valence-corrected chi connectivity index (χ2v) is 2.08. The first kappa shape index (κ1) is 5.56. The van der Waals surface area contributed by atoms with Gasteiger partial charge < -0.3 is 4.98 Å². The van der Waals surface area contributed by atoms with Crippen LogP contribution in [0.2, 0.25) is 0 Å². The summed E-state index contributed by atoms with van der Waals surface area (Å²) in [6.45, 7) is 3.55. The van der Waals surface area contributed by atoms with Crippen LogP contribution in [0.25, 0.3) is 6.08 Å². The number of hydrogen-bond acceptors (Lipinski definition) is 1. The van der Waals surface area contributed by atoms with Crippen LogP contribution in [0.3, 0.4) is 0 Å². The second kappa shape index (κ2) is 2.13. The van der Waals surface area contributed by atoms with E-state index in [-0.39, 0.29) is 0 Å². The monoisotopic (exact) mass is 172 g/mol. The molecular weight excluding hydrogens is 168 g/mol. The molecule has 0 amide bonds. The highest BCUT2D eigenvalue weighted by atomic mass is 79.9. The lowest BCUT2D eigenvalue weighted by Gasteiger charge is -1.75. The number of halogens is 1. The average Bonchev–Trinajstić information content (AvgIpc) is 2.14. The van der Waals surface area contributed by atoms with E-state index in [9.17, 15) is 0 Å². The van der Waals surface area contributed by atoms with Crippen molar-refractivity contribution in [2.75, 3.05) is 0 Å². The molecule has 0 spiro atoms. The van der Waals surface area contributed by atoms with Crippen LogP contribution >= 0.6 is 15.9 Å².